The minimum atomic E-state index is -0.581. The number of pyridine rings is 1. The van der Waals surface area contributed by atoms with Crippen LogP contribution in [-0.4, -0.2) is 35.0 Å². The molecule has 0 bridgehead atoms. The van der Waals surface area contributed by atoms with Gasteiger partial charge < -0.3 is 9.47 Å². The lowest BCUT2D eigenvalue weighted by Crippen LogP contribution is -2.17. The second-order valence-electron chi connectivity index (χ2n) is 5.93. The normalized spacial score (nSPS) is 11.0. The average molecular weight is 498 g/mol. The van der Waals surface area contributed by atoms with Crippen LogP contribution in [0, 0.1) is 15.2 Å². The summed E-state index contributed by atoms with van der Waals surface area (Å²) in [5.74, 6) is -1.38. The van der Waals surface area contributed by atoms with Gasteiger partial charge in [-0.2, -0.15) is 0 Å². The molecule has 146 valence electrons. The summed E-state index contributed by atoms with van der Waals surface area (Å²) in [5.41, 5.74) is 1.20. The van der Waals surface area contributed by atoms with Crippen molar-refractivity contribution in [2.24, 2.45) is 0 Å². The highest BCUT2D eigenvalue weighted by Crippen LogP contribution is 2.23. The average Bonchev–Trinajstić information content (AvgIpc) is 3.16. The molecule has 0 N–H and O–H groups in total. The van der Waals surface area contributed by atoms with Crippen LogP contribution in [0.15, 0.2) is 49.6 Å². The molecule has 0 unspecified atom stereocenters. The molecule has 0 saturated heterocycles. The molecule has 0 saturated carbocycles. The Morgan fingerprint density at radius 3 is 2.82 bits per heavy atom. The number of hydrogen-bond donors (Lipinski definition) is 0. The third-order valence-corrected chi connectivity index (χ3v) is 4.80. The Bertz CT molecular complexity index is 1020. The summed E-state index contributed by atoms with van der Waals surface area (Å²) in [6.07, 6.45) is 4.16. The van der Waals surface area contributed by atoms with Gasteiger partial charge >= 0.3 is 0 Å². The van der Waals surface area contributed by atoms with E-state index in [4.69, 9.17) is 9.47 Å². The van der Waals surface area contributed by atoms with Gasteiger partial charge in [-0.15, -0.1) is 0 Å². The summed E-state index contributed by atoms with van der Waals surface area (Å²) < 4.78 is 41.2. The molecule has 5 nitrogen and oxygen atoms in total. The van der Waals surface area contributed by atoms with E-state index < -0.39 is 11.6 Å². The molecule has 0 aliphatic carbocycles. The number of halogens is 3. The van der Waals surface area contributed by atoms with E-state index in [1.165, 1.54) is 29.3 Å². The Kier molecular flexibility index (Phi) is 6.74. The minimum Gasteiger partial charge on any atom is -0.499 e. The van der Waals surface area contributed by atoms with Crippen LogP contribution < -0.4 is 0 Å². The van der Waals surface area contributed by atoms with Crippen LogP contribution >= 0.6 is 22.6 Å². The van der Waals surface area contributed by atoms with Crippen molar-refractivity contribution in [2.75, 3.05) is 19.8 Å². The van der Waals surface area contributed by atoms with E-state index in [-0.39, 0.29) is 43.1 Å². The van der Waals surface area contributed by atoms with Gasteiger partial charge in [0, 0.05) is 21.2 Å². The van der Waals surface area contributed by atoms with E-state index in [0.717, 1.165) is 9.64 Å². The van der Waals surface area contributed by atoms with Crippen molar-refractivity contribution in [2.45, 2.75) is 6.42 Å². The zero-order valence-electron chi connectivity index (χ0n) is 14.8. The smallest absolute Gasteiger partial charge is 0.190 e. The summed E-state index contributed by atoms with van der Waals surface area (Å²) >= 11 is 2.02. The first-order chi connectivity index (χ1) is 13.5. The highest BCUT2D eigenvalue weighted by atomic mass is 127. The zero-order valence-corrected chi connectivity index (χ0v) is 17.0. The number of aromatic nitrogens is 2. The van der Waals surface area contributed by atoms with Gasteiger partial charge in [0.2, 0.25) is 0 Å². The largest absolute Gasteiger partial charge is 0.499 e. The predicted molar refractivity (Wildman–Crippen MR) is 108 cm³/mol. The minimum absolute atomic E-state index is 0.108. The molecule has 0 aliphatic heterocycles. The monoisotopic (exact) mass is 498 g/mol. The van der Waals surface area contributed by atoms with E-state index in [0.29, 0.717) is 11.3 Å². The first kappa shape index (κ1) is 20.4. The third kappa shape index (κ3) is 4.56. The highest BCUT2D eigenvalue weighted by Gasteiger charge is 2.20. The highest BCUT2D eigenvalue weighted by molar-refractivity contribution is 14.1. The number of fused-ring (bicyclic) bond motifs is 1. The maximum Gasteiger partial charge on any atom is 0.190 e. The van der Waals surface area contributed by atoms with E-state index in [2.05, 4.69) is 11.6 Å². The van der Waals surface area contributed by atoms with Crippen molar-refractivity contribution in [3.63, 3.8) is 0 Å². The van der Waals surface area contributed by atoms with Gasteiger partial charge in [-0.3, -0.25) is 9.20 Å². The van der Waals surface area contributed by atoms with Crippen LogP contribution in [0.25, 0.3) is 5.52 Å². The van der Waals surface area contributed by atoms with E-state index >= 15 is 0 Å². The van der Waals surface area contributed by atoms with E-state index in [1.54, 1.807) is 12.1 Å². The molecule has 0 atom stereocenters. The first-order valence-electron chi connectivity index (χ1n) is 8.42. The zero-order chi connectivity index (χ0) is 20.1. The number of imidazole rings is 1. The summed E-state index contributed by atoms with van der Waals surface area (Å²) in [5, 5.41) is 0. The summed E-state index contributed by atoms with van der Waals surface area (Å²) in [7, 11) is 0. The van der Waals surface area contributed by atoms with Crippen molar-refractivity contribution in [1.29, 1.82) is 0 Å². The van der Waals surface area contributed by atoms with Crippen molar-refractivity contribution >= 4 is 33.9 Å². The van der Waals surface area contributed by atoms with Gasteiger partial charge in [-0.05, 0) is 46.4 Å². The Morgan fingerprint density at radius 2 is 2.07 bits per heavy atom. The number of rotatable bonds is 9. The topological polar surface area (TPSA) is 52.8 Å². The van der Waals surface area contributed by atoms with Gasteiger partial charge in [-0.25, -0.2) is 13.8 Å². The fraction of sp³-hybridized carbons (Fsp3) is 0.200. The molecule has 2 aromatic heterocycles. The molecule has 28 heavy (non-hydrogen) atoms. The van der Waals surface area contributed by atoms with Crippen LogP contribution in [0.1, 0.15) is 21.6 Å². The quantitative estimate of drug-likeness (QED) is 0.193. The predicted octanol–water partition coefficient (Wildman–Crippen LogP) is 4.17. The van der Waals surface area contributed by atoms with E-state index in [9.17, 15) is 13.6 Å². The molecule has 8 heteroatoms. The van der Waals surface area contributed by atoms with Crippen LogP contribution in [-0.2, 0) is 15.9 Å². The van der Waals surface area contributed by atoms with Crippen molar-refractivity contribution < 1.29 is 23.0 Å². The number of Topliss-reactive ketones (excluding diaryl/α,β-unsaturated/α-hetero) is 1. The second-order valence-corrected chi connectivity index (χ2v) is 7.17. The van der Waals surface area contributed by atoms with Gasteiger partial charge in [0.1, 0.15) is 30.4 Å². The van der Waals surface area contributed by atoms with Gasteiger partial charge in [0.25, 0.3) is 0 Å². The summed E-state index contributed by atoms with van der Waals surface area (Å²) in [6, 6.07) is 6.00. The standard InChI is InChI=1S/C20H17F2IN2O3/c1-2-27-5-6-28-11-20(26)15-9-17(22)19-10-24-12-25(19)18(15)7-13-3-4-14(23)8-16(13)21/h2-4,8-10,12H,1,5-7,11H2. The van der Waals surface area contributed by atoms with Crippen LogP contribution in [0.3, 0.4) is 0 Å². The lowest BCUT2D eigenvalue weighted by Gasteiger charge is -2.14. The number of carbonyl (C=O) groups excluding carboxylic acids is 1. The molecule has 0 spiro atoms. The van der Waals surface area contributed by atoms with Gasteiger partial charge in [0.05, 0.1) is 25.4 Å². The molecule has 3 aromatic rings. The first-order valence-corrected chi connectivity index (χ1v) is 9.50. The lowest BCUT2D eigenvalue weighted by atomic mass is 10.0. The Balaban J connectivity index is 1.93. The lowest BCUT2D eigenvalue weighted by molar-refractivity contribution is 0.0637. The number of ether oxygens (including phenoxy) is 2. The van der Waals surface area contributed by atoms with Crippen LogP contribution in [0.4, 0.5) is 8.78 Å². The molecule has 3 rings (SSSR count). The fourth-order valence-corrected chi connectivity index (χ4v) is 3.25. The number of hydrogen-bond acceptors (Lipinski definition) is 4. The number of ketones is 1. The molecular weight excluding hydrogens is 481 g/mol. The van der Waals surface area contributed by atoms with Crippen molar-refractivity contribution in [1.82, 2.24) is 9.38 Å². The number of benzene rings is 1. The Hall–Kier alpha value is -2.33. The van der Waals surface area contributed by atoms with Crippen LogP contribution in [0.2, 0.25) is 0 Å². The maximum absolute atomic E-state index is 14.4. The van der Waals surface area contributed by atoms with Gasteiger partial charge in [0.15, 0.2) is 5.78 Å². The van der Waals surface area contributed by atoms with Crippen molar-refractivity contribution in [3.05, 3.63) is 81.7 Å². The summed E-state index contributed by atoms with van der Waals surface area (Å²) in [4.78, 5) is 16.6. The molecule has 0 radical (unpaired) electrons. The van der Waals surface area contributed by atoms with Gasteiger partial charge in [-0.1, -0.05) is 12.6 Å². The fourth-order valence-electron chi connectivity index (χ4n) is 2.80. The SMILES string of the molecule is C=COCCOCC(=O)c1cc(F)c2cncn2c1Cc1ccc(I)cc1F. The second kappa shape index (κ2) is 9.24. The molecule has 0 aliphatic rings. The van der Waals surface area contributed by atoms with Crippen molar-refractivity contribution in [3.8, 4) is 0 Å². The van der Waals surface area contributed by atoms with Crippen LogP contribution in [0.5, 0.6) is 0 Å². The third-order valence-electron chi connectivity index (χ3n) is 4.13. The number of carbonyl (C=O) groups is 1. The molecular formula is C20H17F2IN2O3. The summed E-state index contributed by atoms with van der Waals surface area (Å²) in [6.45, 7) is 3.61. The molecule has 0 fully saturated rings. The molecule has 0 amide bonds. The molecule has 2 heterocycles. The maximum atomic E-state index is 14.4. The number of nitrogens with zero attached hydrogens (tertiary/aromatic N) is 2. The van der Waals surface area contributed by atoms with E-state index in [1.807, 2.05) is 22.6 Å². The molecule has 1 aromatic carbocycles. The Morgan fingerprint density at radius 1 is 1.25 bits per heavy atom. The Labute approximate surface area is 174 Å².